The van der Waals surface area contributed by atoms with E-state index in [9.17, 15) is 94.4 Å². The number of hydrogen-bond donors (Lipinski definition) is 16. The number of Topliss-reactive ketones (excluding diaryl/α,β-unsaturated/α-hetero) is 1. The minimum absolute atomic E-state index is 0.00437. The number of ether oxygens (including phenoxy) is 12. The van der Waals surface area contributed by atoms with Gasteiger partial charge in [-0.15, -0.1) is 0 Å². The van der Waals surface area contributed by atoms with Crippen molar-refractivity contribution >= 4 is 16.2 Å². The molecule has 16 N–H and O–H groups in total. The zero-order valence-electron chi connectivity index (χ0n) is 54.7. The summed E-state index contributed by atoms with van der Waals surface area (Å²) in [5.74, 6) is -0.914. The van der Waals surface area contributed by atoms with E-state index in [0.717, 1.165) is 5.57 Å². The Bertz CT molecular complexity index is 2730. The number of ketones is 1. The SMILES string of the molecule is CC(C)CC(=O)C[C@](C)(O)[C@H]1CC[C@H]2[C@@H]3C[C@H](O[C@@H]4O[C@H](C)[C@@H](O)[C@H](O[C@@H]5OC[C@@H](O[C@@H]6O[C@H](CO)[C@H](O)[C@H](O)[C@H]6O[C@@H]6O[C@H](C)[C@H](O)[C@H](O[C@@H]7O[C@H](C)[C@H](O)[C@H](O)[C@H]7O)[C@H]6O)[C@H](O)[C@H]5O[C@@H]5O[C@H](C)[C@@H](O)[C@H](O)[C@H]5O)[C@H]4O)[C@H]4C[C@@H](OS(=O)(=O)O)CC[C@]4(C)C3=CC[C@@]21C. The predicted molar refractivity (Wildman–Crippen MR) is 317 cm³/mol. The van der Waals surface area contributed by atoms with Crippen LogP contribution in [0.3, 0.4) is 0 Å². The van der Waals surface area contributed by atoms with Crippen LogP contribution in [0.2, 0.25) is 0 Å². The van der Waals surface area contributed by atoms with Gasteiger partial charge in [0, 0.05) is 12.8 Å². The summed E-state index contributed by atoms with van der Waals surface area (Å²) in [6.07, 6.45) is -46.9. The average Bonchev–Trinajstić information content (AvgIpc) is 1.69. The van der Waals surface area contributed by atoms with Gasteiger partial charge in [-0.05, 0) is 120 Å². The van der Waals surface area contributed by atoms with Crippen molar-refractivity contribution in [2.75, 3.05) is 13.2 Å². The van der Waals surface area contributed by atoms with Crippen molar-refractivity contribution in [1.82, 2.24) is 0 Å². The van der Waals surface area contributed by atoms with Gasteiger partial charge in [0.1, 0.15) is 122 Å². The molecule has 548 valence electrons. The fraction of sp³-hybridized carbons (Fsp3) is 0.952. The molecule has 38 atom stereocenters. The maximum Gasteiger partial charge on any atom is 0.397 e. The number of rotatable bonds is 20. The Morgan fingerprint density at radius 3 is 1.61 bits per heavy atom. The van der Waals surface area contributed by atoms with Crippen LogP contribution in [0.5, 0.6) is 0 Å². The van der Waals surface area contributed by atoms with E-state index in [0.29, 0.717) is 38.5 Å². The summed E-state index contributed by atoms with van der Waals surface area (Å²) < 4.78 is 113. The number of aliphatic hydroxyl groups excluding tert-OH is 14. The first kappa shape index (κ1) is 75.9. The number of fused-ring (bicyclic) bond motifs is 5. The Labute approximate surface area is 551 Å². The number of aliphatic hydroxyl groups is 15. The second kappa shape index (κ2) is 29.5. The van der Waals surface area contributed by atoms with Crippen molar-refractivity contribution in [3.63, 3.8) is 0 Å². The van der Waals surface area contributed by atoms with Crippen LogP contribution >= 0.6 is 0 Å². The molecule has 95 heavy (non-hydrogen) atoms. The Kier molecular flexibility index (Phi) is 23.6. The predicted octanol–water partition coefficient (Wildman–Crippen LogP) is -3.82. The summed E-state index contributed by atoms with van der Waals surface area (Å²) in [4.78, 5) is 13.3. The number of hydrogen-bond acceptors (Lipinski definition) is 31. The van der Waals surface area contributed by atoms with E-state index in [2.05, 4.69) is 19.9 Å². The van der Waals surface area contributed by atoms with Gasteiger partial charge >= 0.3 is 10.4 Å². The summed E-state index contributed by atoms with van der Waals surface area (Å²) >= 11 is 0. The van der Waals surface area contributed by atoms with Gasteiger partial charge in [-0.25, -0.2) is 4.18 Å². The van der Waals surface area contributed by atoms with Crippen LogP contribution in [0, 0.1) is 40.4 Å². The van der Waals surface area contributed by atoms with Gasteiger partial charge < -0.3 is 133 Å². The molecular formula is C62H102O32S. The molecule has 33 heteroatoms. The first-order chi connectivity index (χ1) is 44.4. The monoisotopic (exact) mass is 1390 g/mol. The molecule has 6 aliphatic heterocycles. The normalized spacial score (nSPS) is 52.0. The van der Waals surface area contributed by atoms with Crippen LogP contribution in [0.4, 0.5) is 0 Å². The van der Waals surface area contributed by atoms with E-state index in [-0.39, 0.29) is 48.7 Å². The highest BCUT2D eigenvalue weighted by molar-refractivity contribution is 7.80. The quantitative estimate of drug-likeness (QED) is 0.0410. The summed E-state index contributed by atoms with van der Waals surface area (Å²) in [7, 11) is -4.91. The highest BCUT2D eigenvalue weighted by Gasteiger charge is 2.64. The molecule has 10 aliphatic rings. The number of carbonyl (C=O) groups is 1. The van der Waals surface area contributed by atoms with Crippen molar-refractivity contribution in [2.45, 2.75) is 316 Å². The average molecular weight is 1390 g/mol. The molecule has 0 bridgehead atoms. The first-order valence-electron chi connectivity index (χ1n) is 33.3. The van der Waals surface area contributed by atoms with Crippen molar-refractivity contribution in [1.29, 1.82) is 0 Å². The zero-order chi connectivity index (χ0) is 69.6. The Morgan fingerprint density at radius 1 is 0.579 bits per heavy atom. The van der Waals surface area contributed by atoms with E-state index >= 15 is 0 Å². The lowest BCUT2D eigenvalue weighted by Crippen LogP contribution is -2.67. The highest BCUT2D eigenvalue weighted by Crippen LogP contribution is 2.67. The Morgan fingerprint density at radius 2 is 1.07 bits per heavy atom. The van der Waals surface area contributed by atoms with Gasteiger partial charge in [-0.3, -0.25) is 9.35 Å². The maximum atomic E-state index is 13.3. The van der Waals surface area contributed by atoms with Crippen LogP contribution in [-0.4, -0.2) is 305 Å². The molecule has 0 spiro atoms. The van der Waals surface area contributed by atoms with Crippen molar-refractivity contribution in [3.05, 3.63) is 11.6 Å². The topological polar surface area (TPSA) is 495 Å². The van der Waals surface area contributed by atoms with E-state index in [4.69, 9.17) is 61.0 Å². The second-order valence-electron chi connectivity index (χ2n) is 29.5. The van der Waals surface area contributed by atoms with E-state index in [1.54, 1.807) is 6.92 Å². The fourth-order valence-corrected chi connectivity index (χ4v) is 17.7. The molecule has 4 aliphatic carbocycles. The van der Waals surface area contributed by atoms with Gasteiger partial charge in [0.15, 0.2) is 37.7 Å². The molecule has 9 fully saturated rings. The van der Waals surface area contributed by atoms with Crippen LogP contribution in [0.15, 0.2) is 11.6 Å². The smallest absolute Gasteiger partial charge is 0.394 e. The molecule has 6 heterocycles. The summed E-state index contributed by atoms with van der Waals surface area (Å²) in [5.41, 5.74) is -1.34. The van der Waals surface area contributed by atoms with Crippen molar-refractivity contribution in [2.24, 2.45) is 40.4 Å². The lowest BCUT2D eigenvalue weighted by atomic mass is 9.47. The van der Waals surface area contributed by atoms with Gasteiger partial charge in [-0.1, -0.05) is 39.3 Å². The zero-order valence-corrected chi connectivity index (χ0v) is 55.6. The van der Waals surface area contributed by atoms with Crippen LogP contribution in [0.1, 0.15) is 120 Å². The van der Waals surface area contributed by atoms with E-state index in [1.807, 2.05) is 13.8 Å². The molecule has 0 radical (unpaired) electrons. The molecule has 0 aromatic rings. The lowest BCUT2D eigenvalue weighted by Gasteiger charge is -2.60. The van der Waals surface area contributed by atoms with Gasteiger partial charge in [0.2, 0.25) is 0 Å². The standard InChI is InChI=1S/C62H102O32S/c1-22(2)16-27(64)19-62(9,78)36-11-10-30-29-18-33(32-17-28(94-95(79,80)81)12-14-60(32,7)31(29)13-15-61(30,36)8)87-56-48(76)51(40(68)25(5)85-56)91-58-52(92-55-47(75)44(72)38(66)24(4)84-55)42(70)35(21-82-58)89-59-53(45(73)41(69)34(20-63)88-59)93-57-49(77)50(39(67)26(6)86-57)90-54-46(74)43(71)37(65)23(3)83-54/h13,22-26,28-30,32-59,63,65-78H,10-12,14-21H2,1-9H3,(H,79,80,81)/t23-,24-,25-,26-,28+,29+,30+,32-,33+,34-,35-,36+,37+,38-,39+,40-,41+,42+,43+,44+,45+,46-,47-,48-,49-,50+,51+,52-,53-,54+,55+,56+,57+,58+,59+,60-,61+,62+/m1/s1. The highest BCUT2D eigenvalue weighted by atomic mass is 32.3. The van der Waals surface area contributed by atoms with Crippen LogP contribution < -0.4 is 0 Å². The minimum atomic E-state index is -4.91. The minimum Gasteiger partial charge on any atom is -0.394 e. The van der Waals surface area contributed by atoms with Crippen LogP contribution in [-0.2, 0) is 76.2 Å². The van der Waals surface area contributed by atoms with Crippen molar-refractivity contribution < 1.29 is 155 Å². The Balaban J connectivity index is 0.904. The first-order valence-corrected chi connectivity index (χ1v) is 34.6. The maximum absolute atomic E-state index is 13.3. The molecule has 3 saturated carbocycles. The molecule has 0 aromatic heterocycles. The third kappa shape index (κ3) is 15.2. The summed E-state index contributed by atoms with van der Waals surface area (Å²) in [6.45, 7) is 13.7. The number of allylic oxidation sites excluding steroid dienone is 2. The van der Waals surface area contributed by atoms with Gasteiger partial charge in [-0.2, -0.15) is 8.42 Å². The molecule has 0 unspecified atom stereocenters. The summed E-state index contributed by atoms with van der Waals surface area (Å²) in [5, 5.41) is 169. The van der Waals surface area contributed by atoms with E-state index < -0.39 is 236 Å². The van der Waals surface area contributed by atoms with Gasteiger partial charge in [0.25, 0.3) is 0 Å². The summed E-state index contributed by atoms with van der Waals surface area (Å²) in [6, 6.07) is 0. The molecule has 6 saturated heterocycles. The van der Waals surface area contributed by atoms with Gasteiger partial charge in [0.05, 0.1) is 55.4 Å². The largest absolute Gasteiger partial charge is 0.397 e. The molecular weight excluding hydrogens is 1290 g/mol. The fourth-order valence-electron chi connectivity index (χ4n) is 17.2. The number of carbonyl (C=O) groups excluding carboxylic acids is 1. The van der Waals surface area contributed by atoms with Crippen LogP contribution in [0.25, 0.3) is 0 Å². The molecule has 32 nitrogen and oxygen atoms in total. The second-order valence-corrected chi connectivity index (χ2v) is 30.5. The molecule has 0 amide bonds. The third-order valence-corrected chi connectivity index (χ3v) is 22.9. The lowest BCUT2D eigenvalue weighted by molar-refractivity contribution is -0.402. The third-order valence-electron chi connectivity index (χ3n) is 22.4. The molecule has 0 aromatic carbocycles. The van der Waals surface area contributed by atoms with Crippen molar-refractivity contribution in [3.8, 4) is 0 Å². The molecule has 10 rings (SSSR count). The van der Waals surface area contributed by atoms with E-state index in [1.165, 1.54) is 27.7 Å². The Hall–Kier alpha value is -1.80.